The zero-order valence-electron chi connectivity index (χ0n) is 45.0. The predicted molar refractivity (Wildman–Crippen MR) is 335 cm³/mol. The Morgan fingerprint density at radius 2 is 0.965 bits per heavy atom. The summed E-state index contributed by atoms with van der Waals surface area (Å²) in [5.41, 5.74) is 15.4. The molecular formula is C66H48BCl3N7O8. The zero-order chi connectivity index (χ0) is 57.6. The fraction of sp³-hybridized carbons (Fsp3) is 0.0455. The van der Waals surface area contributed by atoms with Crippen LogP contribution in [0.15, 0.2) is 242 Å². The first-order chi connectivity index (χ1) is 41.1. The van der Waals surface area contributed by atoms with E-state index in [0.717, 1.165) is 102 Å². The van der Waals surface area contributed by atoms with Crippen molar-refractivity contribution in [3.05, 3.63) is 273 Å². The summed E-state index contributed by atoms with van der Waals surface area (Å²) in [4.78, 5) is 9.56. The number of ether oxygens (including phenoxy) is 6. The number of para-hydroxylation sites is 3. The molecule has 3 aliphatic rings. The lowest BCUT2D eigenvalue weighted by Crippen LogP contribution is -1.99. The molecule has 0 atom stereocenters. The molecule has 0 saturated heterocycles. The highest BCUT2D eigenvalue weighted by Crippen LogP contribution is 2.41. The molecule has 0 saturated carbocycles. The third kappa shape index (κ3) is 14.9. The van der Waals surface area contributed by atoms with Crippen molar-refractivity contribution in [2.45, 2.75) is 0 Å². The van der Waals surface area contributed by atoms with Crippen LogP contribution in [0.1, 0.15) is 11.1 Å². The number of hydrazone groups is 1. The Hall–Kier alpha value is -10.3. The van der Waals surface area contributed by atoms with Crippen LogP contribution in [0, 0.1) is 10.1 Å². The predicted octanol–water partition coefficient (Wildman–Crippen LogP) is 16.2. The number of hydrogen-bond donors (Lipinski definition) is 1. The Bertz CT molecular complexity index is 4100. The lowest BCUT2D eigenvalue weighted by Gasteiger charge is -2.08. The van der Waals surface area contributed by atoms with E-state index in [2.05, 4.69) is 16.6 Å². The van der Waals surface area contributed by atoms with E-state index in [9.17, 15) is 10.1 Å². The maximum absolute atomic E-state index is 10.1. The standard InChI is InChI=1S/2C22H15ClN2O2.C13H11ClN2.C9H7NO4.B/c23-17-9-6-15(7-10-17)22-19(13-25(24-22)18-4-2-1-3-5-18)16-8-11-20-21(12-16)27-14-26-20;23-17-9-6-15(7-10-17)19-13-20(25(24-19)18-4-2-1-3-5-18)16-8-11-21-22(12-16)27-14-26-21;14-12-8-6-11(7-9-12)10-15-16-13-4-2-1-3-5-13;11-10(12)4-3-7-1-2-8-9(5-7)14-6-13-8;/h2*1-13H,14H2;1-10,16H;1-5H,6H2;/b;;15-10+;4-3+;. The Morgan fingerprint density at radius 1 is 0.494 bits per heavy atom. The second kappa shape index (κ2) is 27.7. The van der Waals surface area contributed by atoms with Gasteiger partial charge in [0.1, 0.15) is 5.69 Å². The van der Waals surface area contributed by atoms with Crippen molar-refractivity contribution in [2.24, 2.45) is 5.10 Å². The van der Waals surface area contributed by atoms with E-state index in [0.29, 0.717) is 27.1 Å². The van der Waals surface area contributed by atoms with Crippen LogP contribution in [0.2, 0.25) is 15.1 Å². The third-order valence-corrected chi connectivity index (χ3v) is 13.6. The fourth-order valence-electron chi connectivity index (χ4n) is 8.76. The lowest BCUT2D eigenvalue weighted by molar-refractivity contribution is -0.400. The van der Waals surface area contributed by atoms with Gasteiger partial charge in [0.2, 0.25) is 26.6 Å². The molecule has 9 aromatic carbocycles. The van der Waals surface area contributed by atoms with E-state index < -0.39 is 4.92 Å². The summed E-state index contributed by atoms with van der Waals surface area (Å²) in [7, 11) is 0. The summed E-state index contributed by atoms with van der Waals surface area (Å²) in [6.07, 6.45) is 6.08. The highest BCUT2D eigenvalue weighted by molar-refractivity contribution is 6.31. The molecule has 0 aliphatic carbocycles. The SMILES string of the molecule is Clc1ccc(-c2cc(-c3ccc4c(c3)OCO4)n(-c3ccccc3)n2)cc1.Clc1ccc(-c2nn(-c3ccccc3)cc2-c2ccc3c(c2)OCO3)cc1.Clc1ccc(/C=N/Nc2ccccc2)cc1.O=[N+]([O-])/C=C/c1ccc2c(c1)OCO2.[B]. The largest absolute Gasteiger partial charge is 0.454 e. The average Bonchev–Trinajstić information content (AvgIpc) is 3.88. The molecule has 5 heterocycles. The quantitative estimate of drug-likeness (QED) is 0.0568. The van der Waals surface area contributed by atoms with Crippen LogP contribution >= 0.6 is 34.8 Å². The third-order valence-electron chi connectivity index (χ3n) is 12.9. The average molecular weight is 1180 g/mol. The van der Waals surface area contributed by atoms with Crippen molar-refractivity contribution in [2.75, 3.05) is 25.8 Å². The lowest BCUT2D eigenvalue weighted by atomic mass is 10.0. The molecule has 2 aromatic heterocycles. The van der Waals surface area contributed by atoms with E-state index in [1.165, 1.54) is 6.08 Å². The van der Waals surface area contributed by atoms with Crippen LogP contribution in [0.25, 0.3) is 62.3 Å². The van der Waals surface area contributed by atoms with E-state index in [1.807, 2.05) is 216 Å². The van der Waals surface area contributed by atoms with Gasteiger partial charge in [0.25, 0.3) is 0 Å². The topological polar surface area (TPSA) is 159 Å². The second-order valence-electron chi connectivity index (χ2n) is 18.5. The molecule has 19 heteroatoms. The van der Waals surface area contributed by atoms with Crippen molar-refractivity contribution < 1.29 is 33.3 Å². The van der Waals surface area contributed by atoms with E-state index in [-0.39, 0.29) is 28.8 Å². The molecule has 0 spiro atoms. The van der Waals surface area contributed by atoms with Gasteiger partial charge >= 0.3 is 0 Å². The molecule has 3 aliphatic heterocycles. The maximum atomic E-state index is 10.1. The Morgan fingerprint density at radius 3 is 1.55 bits per heavy atom. The van der Waals surface area contributed by atoms with Gasteiger partial charge < -0.3 is 28.4 Å². The van der Waals surface area contributed by atoms with E-state index >= 15 is 0 Å². The fourth-order valence-corrected chi connectivity index (χ4v) is 9.14. The number of benzene rings is 9. The molecule has 0 unspecified atom stereocenters. The molecule has 419 valence electrons. The second-order valence-corrected chi connectivity index (χ2v) is 19.8. The zero-order valence-corrected chi connectivity index (χ0v) is 47.2. The van der Waals surface area contributed by atoms with Crippen LogP contribution < -0.4 is 33.8 Å². The molecule has 0 bridgehead atoms. The van der Waals surface area contributed by atoms with E-state index in [1.54, 1.807) is 24.4 Å². The molecule has 14 rings (SSSR count). The summed E-state index contributed by atoms with van der Waals surface area (Å²) in [5, 5.41) is 26.0. The van der Waals surface area contributed by atoms with Crippen LogP contribution in [0.3, 0.4) is 0 Å². The van der Waals surface area contributed by atoms with Gasteiger partial charge in [0.05, 0.1) is 39.6 Å². The molecule has 15 nitrogen and oxygen atoms in total. The number of rotatable bonds is 11. The minimum absolute atomic E-state index is 0. The molecule has 11 aromatic rings. The molecular weight excluding hydrogens is 1140 g/mol. The molecule has 0 amide bonds. The minimum Gasteiger partial charge on any atom is -0.454 e. The Kier molecular flexibility index (Phi) is 18.9. The van der Waals surface area contributed by atoms with Crippen molar-refractivity contribution in [3.63, 3.8) is 0 Å². The number of hydrogen-bond acceptors (Lipinski definition) is 12. The monoisotopic (exact) mass is 1180 g/mol. The van der Waals surface area contributed by atoms with Crippen LogP contribution in [-0.4, -0.2) is 59.5 Å². The van der Waals surface area contributed by atoms with E-state index in [4.69, 9.17) is 73.4 Å². The van der Waals surface area contributed by atoms with Gasteiger partial charge in [-0.3, -0.25) is 15.5 Å². The van der Waals surface area contributed by atoms with Crippen molar-refractivity contribution >= 4 is 61.2 Å². The number of fused-ring (bicyclic) bond motifs is 3. The van der Waals surface area contributed by atoms with Crippen LogP contribution in [-0.2, 0) is 0 Å². The van der Waals surface area contributed by atoms with Gasteiger partial charge in [-0.1, -0.05) is 138 Å². The molecule has 0 fully saturated rings. The van der Waals surface area contributed by atoms with Gasteiger partial charge in [-0.25, -0.2) is 9.36 Å². The van der Waals surface area contributed by atoms with Crippen LogP contribution in [0.5, 0.6) is 34.5 Å². The minimum atomic E-state index is -0.509. The van der Waals surface area contributed by atoms with Crippen molar-refractivity contribution in [1.82, 2.24) is 19.6 Å². The molecule has 3 radical (unpaired) electrons. The normalized spacial score (nSPS) is 12.0. The summed E-state index contributed by atoms with van der Waals surface area (Å²) in [5.74, 6) is 4.33. The number of nitro groups is 1. The highest BCUT2D eigenvalue weighted by atomic mass is 35.5. The van der Waals surface area contributed by atoms with Crippen LogP contribution in [0.4, 0.5) is 5.69 Å². The number of nitrogens with one attached hydrogen (secondary N) is 1. The summed E-state index contributed by atoms with van der Waals surface area (Å²) >= 11 is 17.9. The van der Waals surface area contributed by atoms with Crippen molar-refractivity contribution in [1.29, 1.82) is 0 Å². The Labute approximate surface area is 506 Å². The summed E-state index contributed by atoms with van der Waals surface area (Å²) in [6.45, 7) is 0.719. The summed E-state index contributed by atoms with van der Waals surface area (Å²) in [6, 6.07) is 72.0. The Balaban J connectivity index is 0.000000130. The smallest absolute Gasteiger partial charge is 0.235 e. The summed E-state index contributed by atoms with van der Waals surface area (Å²) < 4.78 is 36.0. The van der Waals surface area contributed by atoms with Gasteiger partial charge in [0, 0.05) is 58.0 Å². The van der Waals surface area contributed by atoms with Gasteiger partial charge in [-0.15, -0.1) is 0 Å². The van der Waals surface area contributed by atoms with Crippen molar-refractivity contribution in [3.8, 4) is 90.8 Å². The molecule has 85 heavy (non-hydrogen) atoms. The first-order valence-electron chi connectivity index (χ1n) is 26.1. The van der Waals surface area contributed by atoms with Gasteiger partial charge in [-0.05, 0) is 138 Å². The first kappa shape index (κ1) is 58.0. The number of nitrogens with zero attached hydrogens (tertiary/aromatic N) is 6. The number of halogens is 3. The maximum Gasteiger partial charge on any atom is 0.235 e. The first-order valence-corrected chi connectivity index (χ1v) is 27.2. The van der Waals surface area contributed by atoms with Gasteiger partial charge in [-0.2, -0.15) is 15.3 Å². The van der Waals surface area contributed by atoms with Gasteiger partial charge in [0.15, 0.2) is 34.5 Å². The number of anilines is 1. The molecule has 1 N–H and O–H groups in total. The number of aromatic nitrogens is 4. The highest BCUT2D eigenvalue weighted by Gasteiger charge is 2.21.